The molecule has 15 heteroatoms. The Morgan fingerprint density at radius 2 is 1.89 bits per heavy atom. The summed E-state index contributed by atoms with van der Waals surface area (Å²) in [7, 11) is -4.13. The number of thioether (sulfide) groups is 1. The van der Waals surface area contributed by atoms with E-state index in [1.807, 2.05) is 0 Å². The molecule has 9 nitrogen and oxygen atoms in total. The number of amides is 2. The highest BCUT2D eigenvalue weighted by atomic mass is 35.5. The molecular weight excluding hydrogens is 580 g/mol. The Morgan fingerprint density at radius 3 is 2.53 bits per heavy atom. The number of alkyl halides is 3. The number of carbonyl (C=O) groups is 2. The third kappa shape index (κ3) is 8.04. The molecule has 0 spiro atoms. The lowest BCUT2D eigenvalue weighted by molar-refractivity contribution is -0.132. The van der Waals surface area contributed by atoms with Crippen molar-refractivity contribution in [3.63, 3.8) is 0 Å². The number of nitrogens with two attached hydrogens (primary N) is 1. The molecule has 1 aliphatic carbocycles. The van der Waals surface area contributed by atoms with Gasteiger partial charge in [0, 0.05) is 54.0 Å². The number of rotatable bonds is 13. The van der Waals surface area contributed by atoms with Gasteiger partial charge in [-0.05, 0) is 36.1 Å². The Balaban J connectivity index is 2.06. The third-order valence-corrected chi connectivity index (χ3v) is 8.18. The van der Waals surface area contributed by atoms with Gasteiger partial charge in [-0.1, -0.05) is 24.3 Å². The Kier molecular flexibility index (Phi) is 10.8. The van der Waals surface area contributed by atoms with Crippen LogP contribution in [0.3, 0.4) is 0 Å². The van der Waals surface area contributed by atoms with E-state index in [0.717, 1.165) is 17.0 Å². The molecule has 0 aliphatic heterocycles. The van der Waals surface area contributed by atoms with Crippen molar-refractivity contribution in [2.75, 3.05) is 30.1 Å². The average Bonchev–Trinajstić information content (AvgIpc) is 2.85. The van der Waals surface area contributed by atoms with Crippen LogP contribution in [0.15, 0.2) is 58.3 Å². The Labute approximate surface area is 233 Å². The van der Waals surface area contributed by atoms with Crippen molar-refractivity contribution >= 4 is 63.0 Å². The molecule has 0 heterocycles. The quantitative estimate of drug-likeness (QED) is 0.118. The highest BCUT2D eigenvalue weighted by Gasteiger charge is 2.47. The number of nitrogens with zero attached hydrogens (tertiary/aromatic N) is 1. The zero-order chi connectivity index (χ0) is 27.9. The molecule has 1 unspecified atom stereocenters. The van der Waals surface area contributed by atoms with Crippen LogP contribution in [0, 0.1) is 0 Å². The van der Waals surface area contributed by atoms with Gasteiger partial charge in [-0.3, -0.25) is 14.5 Å². The Bertz CT molecular complexity index is 1250. The van der Waals surface area contributed by atoms with Crippen molar-refractivity contribution in [3.05, 3.63) is 54.1 Å². The summed E-state index contributed by atoms with van der Waals surface area (Å²) in [6.07, 6.45) is 0.790. The van der Waals surface area contributed by atoms with Gasteiger partial charge in [-0.15, -0.1) is 23.4 Å². The van der Waals surface area contributed by atoms with E-state index in [2.05, 4.69) is 14.8 Å². The van der Waals surface area contributed by atoms with Crippen molar-refractivity contribution in [1.29, 1.82) is 0 Å². The fourth-order valence-corrected chi connectivity index (χ4v) is 5.80. The zero-order valence-electron chi connectivity index (χ0n) is 20.3. The second-order valence-corrected chi connectivity index (χ2v) is 12.0. The molecule has 38 heavy (non-hydrogen) atoms. The predicted molar refractivity (Wildman–Crippen MR) is 147 cm³/mol. The van der Waals surface area contributed by atoms with Gasteiger partial charge >= 0.3 is 0 Å². The van der Waals surface area contributed by atoms with Crippen LogP contribution in [0.1, 0.15) is 24.4 Å². The van der Waals surface area contributed by atoms with Crippen LogP contribution < -0.4 is 24.8 Å². The van der Waals surface area contributed by atoms with E-state index in [1.54, 1.807) is 30.5 Å². The zero-order valence-corrected chi connectivity index (χ0v) is 23.5. The number of anilines is 1. The van der Waals surface area contributed by atoms with Gasteiger partial charge in [0.1, 0.15) is 6.04 Å². The maximum Gasteiger partial charge on any atom is 0.252 e. The molecule has 1 fully saturated rings. The minimum absolute atomic E-state index is 0.0945. The van der Waals surface area contributed by atoms with E-state index < -0.39 is 52.7 Å². The van der Waals surface area contributed by atoms with Crippen molar-refractivity contribution in [2.24, 2.45) is 5.14 Å². The third-order valence-electron chi connectivity index (χ3n) is 5.63. The standard InChI is InChI=1S/C23H28ClF2N5O4S3/c1-36-19-8-3-2-7-18(19)21(22(33)30-15-12-23(25,26)13-15)31(20(32)14-29-37-28-10-9-24)16-5-4-6-17(11-16)38(27,34)35/h2-8,11,15,21,28-29H,9-10,12-14H2,1H3,(H,30,33)(H2,27,34,35). The molecule has 0 radical (unpaired) electrons. The lowest BCUT2D eigenvalue weighted by atomic mass is 9.87. The van der Waals surface area contributed by atoms with Crippen LogP contribution in [0.2, 0.25) is 0 Å². The van der Waals surface area contributed by atoms with Crippen LogP contribution in [-0.2, 0) is 19.6 Å². The first kappa shape index (κ1) is 30.6. The van der Waals surface area contributed by atoms with Gasteiger partial charge in [-0.25, -0.2) is 31.8 Å². The minimum Gasteiger partial charge on any atom is -0.351 e. The molecule has 0 saturated heterocycles. The van der Waals surface area contributed by atoms with Crippen LogP contribution in [0.4, 0.5) is 14.5 Å². The van der Waals surface area contributed by atoms with Gasteiger partial charge in [0.15, 0.2) is 0 Å². The van der Waals surface area contributed by atoms with E-state index in [-0.39, 0.29) is 17.1 Å². The first-order valence-electron chi connectivity index (χ1n) is 11.4. The molecule has 0 aromatic heterocycles. The van der Waals surface area contributed by atoms with Gasteiger partial charge in [0.05, 0.1) is 11.4 Å². The fourth-order valence-electron chi connectivity index (χ4n) is 3.90. The monoisotopic (exact) mass is 607 g/mol. The minimum atomic E-state index is -4.13. The number of hydrogen-bond acceptors (Lipinski definition) is 8. The number of halogens is 3. The lowest BCUT2D eigenvalue weighted by Gasteiger charge is -2.38. The van der Waals surface area contributed by atoms with E-state index in [9.17, 15) is 26.8 Å². The summed E-state index contributed by atoms with van der Waals surface area (Å²) >= 11 is 8.02. The molecule has 3 rings (SSSR count). The molecule has 2 aromatic rings. The molecule has 5 N–H and O–H groups in total. The second-order valence-electron chi connectivity index (χ2n) is 8.43. The lowest BCUT2D eigenvalue weighted by Crippen LogP contribution is -2.54. The Hall–Kier alpha value is -1.94. The topological polar surface area (TPSA) is 134 Å². The summed E-state index contributed by atoms with van der Waals surface area (Å²) in [5.74, 6) is -3.76. The maximum absolute atomic E-state index is 13.7. The van der Waals surface area contributed by atoms with E-state index in [0.29, 0.717) is 22.9 Å². The van der Waals surface area contributed by atoms with Gasteiger partial charge in [0.2, 0.25) is 21.8 Å². The van der Waals surface area contributed by atoms with Gasteiger partial charge in [-0.2, -0.15) is 0 Å². The molecular formula is C23H28ClF2N5O4S3. The highest BCUT2D eigenvalue weighted by molar-refractivity contribution is 7.98. The fraction of sp³-hybridized carbons (Fsp3) is 0.391. The number of hydrogen-bond donors (Lipinski definition) is 4. The van der Waals surface area contributed by atoms with Gasteiger partial charge < -0.3 is 5.32 Å². The normalized spacial score (nSPS) is 15.9. The summed E-state index contributed by atoms with van der Waals surface area (Å²) in [5.41, 5.74) is 0.544. The van der Waals surface area contributed by atoms with Crippen molar-refractivity contribution < 1.29 is 26.8 Å². The van der Waals surface area contributed by atoms with Crippen molar-refractivity contribution in [2.45, 2.75) is 40.6 Å². The molecule has 2 amide bonds. The summed E-state index contributed by atoms with van der Waals surface area (Å²) in [6, 6.07) is 10.2. The SMILES string of the molecule is CSc1ccccc1C(C(=O)NC1CC(F)(F)C1)N(C(=O)CNSNCCCl)c1cccc(S(N)(=O)=O)c1. The number of carbonyl (C=O) groups excluding carboxylic acids is 2. The number of primary sulfonamides is 1. The van der Waals surface area contributed by atoms with E-state index >= 15 is 0 Å². The smallest absolute Gasteiger partial charge is 0.252 e. The second kappa shape index (κ2) is 13.4. The van der Waals surface area contributed by atoms with Crippen molar-refractivity contribution in [3.8, 4) is 0 Å². The van der Waals surface area contributed by atoms with E-state index in [1.165, 1.54) is 36.0 Å². The number of nitrogens with one attached hydrogen (secondary N) is 3. The molecule has 1 aliphatic rings. The Morgan fingerprint density at radius 1 is 1.18 bits per heavy atom. The van der Waals surface area contributed by atoms with E-state index in [4.69, 9.17) is 16.7 Å². The summed E-state index contributed by atoms with van der Waals surface area (Å²) in [6.45, 7) is 0.206. The summed E-state index contributed by atoms with van der Waals surface area (Å²) in [4.78, 5) is 28.9. The van der Waals surface area contributed by atoms with Crippen LogP contribution in [-0.4, -0.2) is 57.4 Å². The van der Waals surface area contributed by atoms with Crippen LogP contribution in [0.5, 0.6) is 0 Å². The molecule has 2 aromatic carbocycles. The van der Waals surface area contributed by atoms with Crippen molar-refractivity contribution in [1.82, 2.24) is 14.8 Å². The summed E-state index contributed by atoms with van der Waals surface area (Å²) < 4.78 is 56.9. The molecule has 0 bridgehead atoms. The highest BCUT2D eigenvalue weighted by Crippen LogP contribution is 2.39. The molecule has 1 saturated carbocycles. The number of benzene rings is 2. The largest absolute Gasteiger partial charge is 0.351 e. The summed E-state index contributed by atoms with van der Waals surface area (Å²) in [5, 5.41) is 7.96. The predicted octanol–water partition coefficient (Wildman–Crippen LogP) is 3.03. The molecule has 1 atom stereocenters. The first-order chi connectivity index (χ1) is 18.0. The van der Waals surface area contributed by atoms with Crippen LogP contribution in [0.25, 0.3) is 0 Å². The average molecular weight is 608 g/mol. The first-order valence-corrected chi connectivity index (χ1v) is 15.5. The molecule has 208 valence electrons. The van der Waals surface area contributed by atoms with Gasteiger partial charge in [0.25, 0.3) is 5.92 Å². The van der Waals surface area contributed by atoms with Crippen LogP contribution >= 0.6 is 35.5 Å². The maximum atomic E-state index is 13.7. The number of sulfonamides is 1.